The van der Waals surface area contributed by atoms with Gasteiger partial charge in [0.05, 0.1) is 0 Å². The van der Waals surface area contributed by atoms with Crippen molar-refractivity contribution in [2.75, 3.05) is 14.1 Å². The minimum Gasteiger partial charge on any atom is -0.241 e. The van der Waals surface area contributed by atoms with Gasteiger partial charge >= 0.3 is 0 Å². The van der Waals surface area contributed by atoms with Crippen molar-refractivity contribution in [2.24, 2.45) is 0 Å². The summed E-state index contributed by atoms with van der Waals surface area (Å²) in [6.07, 6.45) is 3.39. The van der Waals surface area contributed by atoms with E-state index in [4.69, 9.17) is 23.2 Å². The van der Waals surface area contributed by atoms with Crippen molar-refractivity contribution in [2.45, 2.75) is 0 Å². The van der Waals surface area contributed by atoms with Crippen molar-refractivity contribution in [1.29, 1.82) is 0 Å². The van der Waals surface area contributed by atoms with Gasteiger partial charge in [0.2, 0.25) is 0 Å². The first-order valence-electron chi connectivity index (χ1n) is 2.15. The molecule has 0 radical (unpaired) electrons. The van der Waals surface area contributed by atoms with E-state index >= 15 is 0 Å². The van der Waals surface area contributed by atoms with Crippen molar-refractivity contribution in [1.82, 2.24) is 0 Å². The molecule has 0 saturated carbocycles. The smallest absolute Gasteiger partial charge is 0.165 e. The number of hydrogen-bond donors (Lipinski definition) is 0. The van der Waals surface area contributed by atoms with Gasteiger partial charge in [-0.3, -0.25) is 0 Å². The third kappa shape index (κ3) is 5.99. The maximum Gasteiger partial charge on any atom is 0.165 e. The summed E-state index contributed by atoms with van der Waals surface area (Å²) in [5.41, 5.74) is 0. The van der Waals surface area contributed by atoms with Crippen molar-refractivity contribution >= 4 is 29.4 Å². The van der Waals surface area contributed by atoms with Crippen LogP contribution in [0.2, 0.25) is 0 Å². The van der Waals surface area contributed by atoms with E-state index in [-0.39, 0.29) is 4.49 Å². The Balaban J connectivity index is 3.76. The van der Waals surface area contributed by atoms with Crippen molar-refractivity contribution < 1.29 is 4.58 Å². The van der Waals surface area contributed by atoms with E-state index in [9.17, 15) is 0 Å². The quantitative estimate of drug-likeness (QED) is 0.398. The van der Waals surface area contributed by atoms with Crippen LogP contribution in [0, 0.1) is 0 Å². The standard InChI is InChI=1S/C5H8Cl2N/c1-8(2)4-3-5(6)7/h3-4H,1-2H3/q+1. The van der Waals surface area contributed by atoms with Gasteiger partial charge in [-0.2, -0.15) is 0 Å². The summed E-state index contributed by atoms with van der Waals surface area (Å²) in [4.78, 5) is 0. The summed E-state index contributed by atoms with van der Waals surface area (Å²) in [6, 6.07) is 0. The Morgan fingerprint density at radius 1 is 1.38 bits per heavy atom. The van der Waals surface area contributed by atoms with E-state index in [0.717, 1.165) is 0 Å². The van der Waals surface area contributed by atoms with Gasteiger partial charge in [0.25, 0.3) is 0 Å². The molecule has 0 unspecified atom stereocenters. The molecule has 3 heteroatoms. The Morgan fingerprint density at radius 2 is 1.88 bits per heavy atom. The van der Waals surface area contributed by atoms with Crippen LogP contribution in [0.4, 0.5) is 0 Å². The zero-order chi connectivity index (χ0) is 6.57. The van der Waals surface area contributed by atoms with E-state index in [2.05, 4.69) is 0 Å². The molecule has 0 fully saturated rings. The zero-order valence-electron chi connectivity index (χ0n) is 4.86. The molecule has 1 nitrogen and oxygen atoms in total. The first-order chi connectivity index (χ1) is 3.63. The highest BCUT2D eigenvalue weighted by molar-refractivity contribution is 6.56. The number of hydrogen-bond acceptors (Lipinski definition) is 0. The molecule has 0 bridgehead atoms. The van der Waals surface area contributed by atoms with Crippen LogP contribution in [-0.2, 0) is 0 Å². The lowest BCUT2D eigenvalue weighted by atomic mass is 10.7. The summed E-state index contributed by atoms with van der Waals surface area (Å²) in [5, 5.41) is 0. The number of allylic oxidation sites excluding steroid dienone is 1. The van der Waals surface area contributed by atoms with E-state index in [1.54, 1.807) is 12.3 Å². The molecule has 0 aliphatic rings. The molecule has 0 amide bonds. The monoisotopic (exact) mass is 152 g/mol. The number of halogens is 2. The molecule has 46 valence electrons. The molecule has 0 saturated heterocycles. The lowest BCUT2D eigenvalue weighted by Gasteiger charge is -1.77. The van der Waals surface area contributed by atoms with Crippen LogP contribution in [0.5, 0.6) is 0 Å². The second-order valence-corrected chi connectivity index (χ2v) is 2.58. The highest BCUT2D eigenvalue weighted by Crippen LogP contribution is 2.03. The highest BCUT2D eigenvalue weighted by Gasteiger charge is 1.80. The molecule has 0 spiro atoms. The Labute approximate surface area is 59.2 Å². The van der Waals surface area contributed by atoms with Crippen molar-refractivity contribution in [3.05, 3.63) is 10.6 Å². The molecule has 0 rings (SSSR count). The first kappa shape index (κ1) is 7.99. The lowest BCUT2D eigenvalue weighted by molar-refractivity contribution is -0.458. The average Bonchev–Trinajstić information content (AvgIpc) is 1.61. The zero-order valence-corrected chi connectivity index (χ0v) is 6.37. The van der Waals surface area contributed by atoms with Crippen LogP contribution < -0.4 is 0 Å². The molecule has 8 heavy (non-hydrogen) atoms. The van der Waals surface area contributed by atoms with Gasteiger partial charge in [0.15, 0.2) is 6.21 Å². The fourth-order valence-electron chi connectivity index (χ4n) is 0.205. The van der Waals surface area contributed by atoms with E-state index in [0.29, 0.717) is 0 Å². The number of rotatable bonds is 1. The average molecular weight is 153 g/mol. The topological polar surface area (TPSA) is 3.01 Å². The van der Waals surface area contributed by atoms with Gasteiger partial charge in [0.1, 0.15) is 18.6 Å². The molecule has 0 aliphatic heterocycles. The third-order valence-electron chi connectivity index (χ3n) is 0.499. The molecule has 0 aromatic carbocycles. The Hall–Kier alpha value is -0.0100. The summed E-state index contributed by atoms with van der Waals surface area (Å²) in [7, 11) is 3.79. The van der Waals surface area contributed by atoms with Crippen LogP contribution in [0.3, 0.4) is 0 Å². The van der Waals surface area contributed by atoms with E-state index in [1.165, 1.54) is 0 Å². The summed E-state index contributed by atoms with van der Waals surface area (Å²) < 4.78 is 2.13. The fourth-order valence-corrected chi connectivity index (χ4v) is 0.318. The molecule has 0 aromatic heterocycles. The molecule has 0 aromatic rings. The normalized spacial score (nSPS) is 8.00. The summed E-state index contributed by atoms with van der Waals surface area (Å²) in [6.45, 7) is 0. The largest absolute Gasteiger partial charge is 0.241 e. The summed E-state index contributed by atoms with van der Waals surface area (Å²) >= 11 is 10.6. The van der Waals surface area contributed by atoms with Crippen molar-refractivity contribution in [3.63, 3.8) is 0 Å². The summed E-state index contributed by atoms with van der Waals surface area (Å²) in [5.74, 6) is 0. The van der Waals surface area contributed by atoms with Gasteiger partial charge < -0.3 is 0 Å². The predicted molar refractivity (Wildman–Crippen MR) is 38.0 cm³/mol. The maximum atomic E-state index is 5.29. The van der Waals surface area contributed by atoms with Crippen LogP contribution in [0.15, 0.2) is 10.6 Å². The van der Waals surface area contributed by atoms with Gasteiger partial charge in [-0.1, -0.05) is 23.2 Å². The molecule has 0 aliphatic carbocycles. The molecule has 0 atom stereocenters. The molecule has 0 N–H and O–H groups in total. The van der Waals surface area contributed by atoms with Crippen LogP contribution in [0.25, 0.3) is 0 Å². The highest BCUT2D eigenvalue weighted by atomic mass is 35.5. The fraction of sp³-hybridized carbons (Fsp3) is 0.400. The Morgan fingerprint density at radius 3 is 2.00 bits per heavy atom. The van der Waals surface area contributed by atoms with Gasteiger partial charge in [-0.05, 0) is 0 Å². The Bertz CT molecular complexity index is 102. The minimum absolute atomic E-state index is 0.277. The minimum atomic E-state index is 0.277. The van der Waals surface area contributed by atoms with Crippen LogP contribution >= 0.6 is 23.2 Å². The van der Waals surface area contributed by atoms with Gasteiger partial charge in [0, 0.05) is 6.08 Å². The number of nitrogens with zero attached hydrogens (tertiary/aromatic N) is 1. The SMILES string of the molecule is C[N+](C)=CC=C(Cl)Cl. The lowest BCUT2D eigenvalue weighted by Crippen LogP contribution is -1.95. The van der Waals surface area contributed by atoms with E-state index < -0.39 is 0 Å². The predicted octanol–water partition coefficient (Wildman–Crippen LogP) is 1.65. The first-order valence-corrected chi connectivity index (χ1v) is 2.91. The second-order valence-electron chi connectivity index (χ2n) is 1.57. The van der Waals surface area contributed by atoms with Crippen LogP contribution in [0.1, 0.15) is 0 Å². The second kappa shape index (κ2) is 3.93. The van der Waals surface area contributed by atoms with Crippen molar-refractivity contribution in [3.8, 4) is 0 Å². The maximum absolute atomic E-state index is 5.29. The van der Waals surface area contributed by atoms with E-state index in [1.807, 2.05) is 18.7 Å². The molecular weight excluding hydrogens is 145 g/mol. The van der Waals surface area contributed by atoms with Gasteiger partial charge in [-0.15, -0.1) is 0 Å². The van der Waals surface area contributed by atoms with Gasteiger partial charge in [-0.25, -0.2) is 4.58 Å². The Kier molecular flexibility index (Phi) is 3.92. The molecular formula is C5H8Cl2N+. The van der Waals surface area contributed by atoms with Crippen LogP contribution in [-0.4, -0.2) is 24.9 Å². The third-order valence-corrected chi connectivity index (χ3v) is 0.751. The molecule has 0 heterocycles.